The lowest BCUT2D eigenvalue weighted by Gasteiger charge is -2.63. The summed E-state index contributed by atoms with van der Waals surface area (Å²) in [5, 5.41) is 47.6. The monoisotopic (exact) mass is 565 g/mol. The molecule has 4 aliphatic carbocycles. The highest BCUT2D eigenvalue weighted by atomic mass is 16.4. The molecule has 4 saturated carbocycles. The first kappa shape index (κ1) is 31.0. The summed E-state index contributed by atoms with van der Waals surface area (Å²) < 4.78 is 0. The van der Waals surface area contributed by atoms with Gasteiger partial charge in [0.2, 0.25) is 5.91 Å². The standard InChI is InChI=1S/C30H51N3O7/c1-16(6-9-23(35)33-22(27(38)39)5-4-14-32-28(31)40)18-7-8-19-24-20(11-13-29(18,19)2)30(3)12-10-17(34)15-21(30)25(36)26(24)37/h16-22,24-26,34,36-37H,4-15H2,1-3H3,(H,33,35)(H,38,39)(H3,31,32,40). The van der Waals surface area contributed by atoms with Crippen molar-refractivity contribution in [3.8, 4) is 0 Å². The quantitative estimate of drug-likeness (QED) is 0.198. The molecule has 8 N–H and O–H groups in total. The fraction of sp³-hybridized carbons (Fsp3) is 0.900. The molecule has 4 rings (SSSR count). The van der Waals surface area contributed by atoms with Crippen LogP contribution in [-0.4, -0.2) is 69.2 Å². The number of nitrogens with two attached hydrogens (primary N) is 1. The van der Waals surface area contributed by atoms with Crippen LogP contribution in [0.2, 0.25) is 0 Å². The van der Waals surface area contributed by atoms with Crippen molar-refractivity contribution >= 4 is 17.9 Å². The average Bonchev–Trinajstić information content (AvgIpc) is 3.25. The molecule has 228 valence electrons. The van der Waals surface area contributed by atoms with E-state index in [0.29, 0.717) is 37.0 Å². The van der Waals surface area contributed by atoms with Crippen LogP contribution in [0, 0.1) is 46.3 Å². The van der Waals surface area contributed by atoms with Gasteiger partial charge in [0, 0.05) is 13.0 Å². The van der Waals surface area contributed by atoms with Crippen LogP contribution < -0.4 is 16.4 Å². The third kappa shape index (κ3) is 5.86. The van der Waals surface area contributed by atoms with Gasteiger partial charge in [-0.2, -0.15) is 0 Å². The molecule has 3 amide bonds. The maximum absolute atomic E-state index is 12.7. The Morgan fingerprint density at radius 1 is 0.925 bits per heavy atom. The lowest BCUT2D eigenvalue weighted by molar-refractivity contribution is -0.223. The van der Waals surface area contributed by atoms with Gasteiger partial charge in [-0.15, -0.1) is 0 Å². The molecule has 0 aromatic carbocycles. The molecule has 0 heterocycles. The molecule has 4 fully saturated rings. The number of aliphatic hydroxyl groups excluding tert-OH is 3. The highest BCUT2D eigenvalue weighted by molar-refractivity contribution is 5.83. The molecule has 4 aliphatic rings. The zero-order chi connectivity index (χ0) is 29.4. The molecular formula is C30H51N3O7. The second kappa shape index (κ2) is 12.1. The Bertz CT molecular complexity index is 948. The summed E-state index contributed by atoms with van der Waals surface area (Å²) in [6, 6.07) is -1.67. The predicted molar refractivity (Wildman–Crippen MR) is 149 cm³/mol. The van der Waals surface area contributed by atoms with Crippen molar-refractivity contribution < 1.29 is 34.8 Å². The molecule has 0 spiro atoms. The number of nitrogens with one attached hydrogen (secondary N) is 2. The Kier molecular flexibility index (Phi) is 9.42. The Balaban J connectivity index is 1.36. The SMILES string of the molecule is CC(CCC(=O)NC(CCCNC(N)=O)C(=O)O)C1CCC2C3C(O)C(O)C4CC(O)CCC4(C)C3CCC12C. The van der Waals surface area contributed by atoms with E-state index in [1.165, 1.54) is 0 Å². The normalized spacial score (nSPS) is 42.0. The van der Waals surface area contributed by atoms with E-state index in [1.807, 2.05) is 0 Å². The van der Waals surface area contributed by atoms with Crippen LogP contribution in [0.25, 0.3) is 0 Å². The van der Waals surface area contributed by atoms with Crippen molar-refractivity contribution in [1.29, 1.82) is 0 Å². The van der Waals surface area contributed by atoms with E-state index in [0.717, 1.165) is 38.5 Å². The van der Waals surface area contributed by atoms with Crippen LogP contribution >= 0.6 is 0 Å². The number of amides is 3. The largest absolute Gasteiger partial charge is 0.480 e. The maximum Gasteiger partial charge on any atom is 0.326 e. The molecule has 10 nitrogen and oxygen atoms in total. The van der Waals surface area contributed by atoms with Crippen molar-refractivity contribution in [1.82, 2.24) is 10.6 Å². The number of primary amides is 1. The van der Waals surface area contributed by atoms with E-state index in [-0.39, 0.29) is 53.9 Å². The average molecular weight is 566 g/mol. The molecule has 0 aromatic heterocycles. The molecule has 0 aliphatic heterocycles. The van der Waals surface area contributed by atoms with E-state index >= 15 is 0 Å². The van der Waals surface area contributed by atoms with Gasteiger partial charge in [-0.25, -0.2) is 9.59 Å². The first-order valence-electron chi connectivity index (χ1n) is 15.4. The molecule has 0 radical (unpaired) electrons. The van der Waals surface area contributed by atoms with Crippen LogP contribution in [0.3, 0.4) is 0 Å². The van der Waals surface area contributed by atoms with Crippen molar-refractivity contribution in [2.75, 3.05) is 6.54 Å². The number of urea groups is 1. The van der Waals surface area contributed by atoms with Crippen LogP contribution in [0.15, 0.2) is 0 Å². The zero-order valence-corrected chi connectivity index (χ0v) is 24.3. The van der Waals surface area contributed by atoms with Crippen molar-refractivity contribution in [3.63, 3.8) is 0 Å². The first-order chi connectivity index (χ1) is 18.8. The number of carboxylic acid groups (broad SMARTS) is 1. The molecule has 10 heteroatoms. The minimum absolute atomic E-state index is 0.0200. The Hall–Kier alpha value is -1.91. The number of carbonyl (C=O) groups excluding carboxylic acids is 2. The molecule has 40 heavy (non-hydrogen) atoms. The third-order valence-electron chi connectivity index (χ3n) is 11.9. The Morgan fingerprint density at radius 2 is 1.60 bits per heavy atom. The molecule has 12 atom stereocenters. The summed E-state index contributed by atoms with van der Waals surface area (Å²) in [5.74, 6) is -0.0929. The number of aliphatic carboxylic acids is 1. The van der Waals surface area contributed by atoms with Gasteiger partial charge in [-0.3, -0.25) is 4.79 Å². The number of carboxylic acids is 1. The van der Waals surface area contributed by atoms with E-state index < -0.39 is 36.4 Å². The summed E-state index contributed by atoms with van der Waals surface area (Å²) in [6.07, 6.45) is 5.84. The van der Waals surface area contributed by atoms with Crippen molar-refractivity contribution in [2.45, 2.75) is 116 Å². The van der Waals surface area contributed by atoms with Crippen LogP contribution in [-0.2, 0) is 9.59 Å². The second-order valence-electron chi connectivity index (χ2n) is 13.9. The molecule has 12 unspecified atom stereocenters. The highest BCUT2D eigenvalue weighted by Crippen LogP contribution is 2.68. The van der Waals surface area contributed by atoms with Gasteiger partial charge in [0.1, 0.15) is 6.04 Å². The van der Waals surface area contributed by atoms with Gasteiger partial charge < -0.3 is 36.8 Å². The topological polar surface area (TPSA) is 182 Å². The smallest absolute Gasteiger partial charge is 0.326 e. The minimum atomic E-state index is -1.10. The minimum Gasteiger partial charge on any atom is -0.480 e. The van der Waals surface area contributed by atoms with Gasteiger partial charge in [0.05, 0.1) is 18.3 Å². The zero-order valence-electron chi connectivity index (χ0n) is 24.3. The maximum atomic E-state index is 12.7. The molecular weight excluding hydrogens is 514 g/mol. The summed E-state index contributed by atoms with van der Waals surface area (Å²) >= 11 is 0. The number of fused-ring (bicyclic) bond motifs is 5. The molecule has 0 aromatic rings. The van der Waals surface area contributed by atoms with Crippen molar-refractivity contribution in [3.05, 3.63) is 0 Å². The third-order valence-corrected chi connectivity index (χ3v) is 11.9. The van der Waals surface area contributed by atoms with Gasteiger partial charge in [-0.1, -0.05) is 20.8 Å². The summed E-state index contributed by atoms with van der Waals surface area (Å²) in [4.78, 5) is 35.1. The van der Waals surface area contributed by atoms with Gasteiger partial charge in [0.15, 0.2) is 0 Å². The summed E-state index contributed by atoms with van der Waals surface area (Å²) in [6.45, 7) is 7.07. The fourth-order valence-electron chi connectivity index (χ4n) is 9.82. The number of aliphatic hydroxyl groups is 3. The predicted octanol–water partition coefficient (Wildman–Crippen LogP) is 2.38. The first-order valence-corrected chi connectivity index (χ1v) is 15.4. The number of hydrogen-bond acceptors (Lipinski definition) is 6. The number of rotatable bonds is 10. The molecule has 0 bridgehead atoms. The highest BCUT2D eigenvalue weighted by Gasteiger charge is 2.65. The second-order valence-corrected chi connectivity index (χ2v) is 13.9. The summed E-state index contributed by atoms with van der Waals surface area (Å²) in [5.41, 5.74) is 4.99. The lowest BCUT2D eigenvalue weighted by Crippen LogP contribution is -2.64. The number of carbonyl (C=O) groups is 3. The summed E-state index contributed by atoms with van der Waals surface area (Å²) in [7, 11) is 0. The van der Waals surface area contributed by atoms with Crippen molar-refractivity contribution in [2.24, 2.45) is 52.1 Å². The lowest BCUT2D eigenvalue weighted by atomic mass is 9.43. The number of hydrogen-bond donors (Lipinski definition) is 7. The van der Waals surface area contributed by atoms with Gasteiger partial charge in [-0.05, 0) is 111 Å². The van der Waals surface area contributed by atoms with E-state index in [4.69, 9.17) is 5.73 Å². The molecule has 0 saturated heterocycles. The van der Waals surface area contributed by atoms with Gasteiger partial charge in [0.25, 0.3) is 0 Å². The Morgan fingerprint density at radius 3 is 2.27 bits per heavy atom. The van der Waals surface area contributed by atoms with E-state index in [9.17, 15) is 34.8 Å². The fourth-order valence-corrected chi connectivity index (χ4v) is 9.82. The van der Waals surface area contributed by atoms with E-state index in [2.05, 4.69) is 31.4 Å². The van der Waals surface area contributed by atoms with Crippen LogP contribution in [0.4, 0.5) is 4.79 Å². The van der Waals surface area contributed by atoms with Crippen LogP contribution in [0.1, 0.15) is 91.4 Å². The van der Waals surface area contributed by atoms with E-state index in [1.54, 1.807) is 0 Å². The Labute approximate surface area is 237 Å². The van der Waals surface area contributed by atoms with Gasteiger partial charge >= 0.3 is 12.0 Å². The van der Waals surface area contributed by atoms with Crippen LogP contribution in [0.5, 0.6) is 0 Å².